The molecule has 0 aliphatic carbocycles. The van der Waals surface area contributed by atoms with E-state index in [1.165, 1.54) is 0 Å². The van der Waals surface area contributed by atoms with Gasteiger partial charge in [0.2, 0.25) is 0 Å². The van der Waals surface area contributed by atoms with E-state index in [2.05, 4.69) is 61.5 Å². The van der Waals surface area contributed by atoms with Crippen LogP contribution in [0.2, 0.25) is 0 Å². The summed E-state index contributed by atoms with van der Waals surface area (Å²) in [7, 11) is 0. The van der Waals surface area contributed by atoms with Crippen molar-refractivity contribution in [1.29, 1.82) is 0 Å². The van der Waals surface area contributed by atoms with Crippen molar-refractivity contribution in [3.63, 3.8) is 0 Å². The van der Waals surface area contributed by atoms with Crippen LogP contribution in [0.5, 0.6) is 0 Å². The van der Waals surface area contributed by atoms with Crippen LogP contribution in [0.3, 0.4) is 0 Å². The molecule has 8 nitrogen and oxygen atoms in total. The van der Waals surface area contributed by atoms with Gasteiger partial charge in [-0.1, -0.05) is 0 Å². The van der Waals surface area contributed by atoms with E-state index in [1.807, 2.05) is 0 Å². The van der Waals surface area contributed by atoms with Crippen LogP contribution in [-0.2, 0) is 18.9 Å². The quantitative estimate of drug-likeness (QED) is 0.516. The largest absolute Gasteiger partial charge is 0.479 e. The first-order valence-corrected chi connectivity index (χ1v) is 11.9. The van der Waals surface area contributed by atoms with Crippen LogP contribution in [0.1, 0.15) is 80.1 Å². The molecule has 0 bridgehead atoms. The smallest absolute Gasteiger partial charge is 0.184 e. The summed E-state index contributed by atoms with van der Waals surface area (Å²) >= 11 is 0. The standard InChI is InChI=1S/C14H24N2O2.C10H16N2O2/c1-13(2)9-17-11(15-13)7-5-6-8-12-16-14(3,4)10-18-12;1-7-5-13-9(11-7)3-4-10-12-8(2)6-14-10/h5-10H2,1-4H3;7-8H,3-6H2,1-2H3. The Balaban J connectivity index is 0.000000186. The molecular weight excluding hydrogens is 408 g/mol. The Morgan fingerprint density at radius 3 is 1.31 bits per heavy atom. The van der Waals surface area contributed by atoms with Gasteiger partial charge in [0.1, 0.15) is 26.4 Å². The summed E-state index contributed by atoms with van der Waals surface area (Å²) in [6, 6.07) is 0.630. The minimum Gasteiger partial charge on any atom is -0.479 e. The number of unbranched alkanes of at least 4 members (excludes halogenated alkanes) is 1. The Morgan fingerprint density at radius 2 is 1.03 bits per heavy atom. The topological polar surface area (TPSA) is 86.4 Å². The predicted octanol–water partition coefficient (Wildman–Crippen LogP) is 4.36. The van der Waals surface area contributed by atoms with Gasteiger partial charge in [0.05, 0.1) is 23.2 Å². The maximum Gasteiger partial charge on any atom is 0.184 e. The highest BCUT2D eigenvalue weighted by molar-refractivity contribution is 5.85. The van der Waals surface area contributed by atoms with Gasteiger partial charge in [0.15, 0.2) is 23.6 Å². The lowest BCUT2D eigenvalue weighted by Gasteiger charge is -2.07. The normalized spacial score (nSPS) is 27.1. The molecular formula is C24H40N4O4. The van der Waals surface area contributed by atoms with Crippen LogP contribution in [0.25, 0.3) is 0 Å². The second-order valence-corrected chi connectivity index (χ2v) is 10.3. The lowest BCUT2D eigenvalue weighted by Crippen LogP contribution is -2.17. The van der Waals surface area contributed by atoms with E-state index >= 15 is 0 Å². The van der Waals surface area contributed by atoms with Crippen molar-refractivity contribution in [3.05, 3.63) is 0 Å². The van der Waals surface area contributed by atoms with E-state index in [4.69, 9.17) is 18.9 Å². The Kier molecular flexibility index (Phi) is 8.17. The van der Waals surface area contributed by atoms with Gasteiger partial charge < -0.3 is 18.9 Å². The molecule has 4 aliphatic rings. The van der Waals surface area contributed by atoms with Crippen LogP contribution < -0.4 is 0 Å². The Morgan fingerprint density at radius 1 is 0.625 bits per heavy atom. The highest BCUT2D eigenvalue weighted by atomic mass is 16.5. The molecule has 0 saturated carbocycles. The first-order valence-electron chi connectivity index (χ1n) is 11.9. The molecule has 8 heteroatoms. The zero-order valence-electron chi connectivity index (χ0n) is 20.6. The molecule has 2 atom stereocenters. The van der Waals surface area contributed by atoms with Crippen molar-refractivity contribution in [2.75, 3.05) is 26.4 Å². The fourth-order valence-electron chi connectivity index (χ4n) is 3.69. The minimum absolute atomic E-state index is 0.0298. The van der Waals surface area contributed by atoms with Crippen LogP contribution >= 0.6 is 0 Å². The molecule has 0 N–H and O–H groups in total. The number of hydrogen-bond donors (Lipinski definition) is 0. The highest BCUT2D eigenvalue weighted by Crippen LogP contribution is 2.21. The number of aliphatic imine (C=N–C) groups is 4. The predicted molar refractivity (Wildman–Crippen MR) is 128 cm³/mol. The maximum atomic E-state index is 5.56. The van der Waals surface area contributed by atoms with Gasteiger partial charge >= 0.3 is 0 Å². The molecule has 0 saturated heterocycles. The van der Waals surface area contributed by atoms with Crippen molar-refractivity contribution in [2.45, 2.75) is 103 Å². The van der Waals surface area contributed by atoms with Gasteiger partial charge in [0, 0.05) is 25.7 Å². The molecule has 0 amide bonds. The molecule has 0 spiro atoms. The summed E-state index contributed by atoms with van der Waals surface area (Å²) < 4.78 is 21.9. The van der Waals surface area contributed by atoms with Gasteiger partial charge in [-0.25, -0.2) is 20.0 Å². The van der Waals surface area contributed by atoms with E-state index in [1.54, 1.807) is 0 Å². The third kappa shape index (κ3) is 8.10. The molecule has 4 rings (SSSR count). The molecule has 32 heavy (non-hydrogen) atoms. The summed E-state index contributed by atoms with van der Waals surface area (Å²) in [5, 5.41) is 0. The van der Waals surface area contributed by atoms with Crippen LogP contribution in [0.15, 0.2) is 20.0 Å². The van der Waals surface area contributed by atoms with Gasteiger partial charge in [-0.15, -0.1) is 0 Å². The molecule has 0 fully saturated rings. The second-order valence-electron chi connectivity index (χ2n) is 10.3. The van der Waals surface area contributed by atoms with Crippen molar-refractivity contribution in [3.8, 4) is 0 Å². The summed E-state index contributed by atoms with van der Waals surface area (Å²) in [4.78, 5) is 17.8. The lowest BCUT2D eigenvalue weighted by atomic mass is 10.1. The molecule has 0 aromatic carbocycles. The van der Waals surface area contributed by atoms with Crippen molar-refractivity contribution < 1.29 is 18.9 Å². The number of rotatable bonds is 8. The van der Waals surface area contributed by atoms with E-state index in [-0.39, 0.29) is 11.1 Å². The average Bonchev–Trinajstić information content (AvgIpc) is 3.47. The van der Waals surface area contributed by atoms with Crippen LogP contribution in [0.4, 0.5) is 0 Å². The second kappa shape index (κ2) is 10.7. The van der Waals surface area contributed by atoms with Crippen molar-refractivity contribution in [2.24, 2.45) is 20.0 Å². The van der Waals surface area contributed by atoms with Crippen molar-refractivity contribution >= 4 is 23.6 Å². The molecule has 0 aromatic rings. The third-order valence-electron chi connectivity index (χ3n) is 5.33. The fraction of sp³-hybridized carbons (Fsp3) is 0.833. The van der Waals surface area contributed by atoms with Gasteiger partial charge in [0.25, 0.3) is 0 Å². The summed E-state index contributed by atoms with van der Waals surface area (Å²) in [6.07, 6.45) is 5.65. The van der Waals surface area contributed by atoms with Crippen LogP contribution in [0, 0.1) is 0 Å². The number of nitrogens with zero attached hydrogens (tertiary/aromatic N) is 4. The summed E-state index contributed by atoms with van der Waals surface area (Å²) in [6.45, 7) is 15.4. The Labute approximate surface area is 192 Å². The Bertz CT molecular complexity index is 706. The monoisotopic (exact) mass is 448 g/mol. The van der Waals surface area contributed by atoms with Crippen molar-refractivity contribution in [1.82, 2.24) is 0 Å². The first kappa shape index (κ1) is 24.5. The third-order valence-corrected chi connectivity index (χ3v) is 5.33. The van der Waals surface area contributed by atoms with Gasteiger partial charge in [-0.3, -0.25) is 0 Å². The number of ether oxygens (including phenoxy) is 4. The lowest BCUT2D eigenvalue weighted by molar-refractivity contribution is 0.271. The van der Waals surface area contributed by atoms with E-state index < -0.39 is 0 Å². The SMILES string of the molecule is CC1(C)COC(CCCCC2=NC(C)(C)CO2)=N1.CC1COC(CCC2=NC(C)CO2)=N1. The molecule has 180 valence electrons. The molecule has 4 aliphatic heterocycles. The molecule has 2 unspecified atom stereocenters. The summed E-state index contributed by atoms with van der Waals surface area (Å²) in [5.74, 6) is 3.52. The zero-order chi connectivity index (χ0) is 23.2. The molecule has 0 aromatic heterocycles. The molecule has 4 heterocycles. The number of hydrogen-bond acceptors (Lipinski definition) is 8. The average molecular weight is 449 g/mol. The fourth-order valence-corrected chi connectivity index (χ4v) is 3.69. The van der Waals surface area contributed by atoms with Gasteiger partial charge in [-0.2, -0.15) is 0 Å². The summed E-state index contributed by atoms with van der Waals surface area (Å²) in [5.41, 5.74) is -0.0595. The first-order chi connectivity index (χ1) is 15.1. The van der Waals surface area contributed by atoms with E-state index in [0.29, 0.717) is 25.3 Å². The minimum atomic E-state index is -0.0298. The Hall–Kier alpha value is -2.12. The van der Waals surface area contributed by atoms with E-state index in [0.717, 1.165) is 75.3 Å². The maximum absolute atomic E-state index is 5.56. The highest BCUT2D eigenvalue weighted by Gasteiger charge is 2.27. The van der Waals surface area contributed by atoms with Gasteiger partial charge in [-0.05, 0) is 54.4 Å². The van der Waals surface area contributed by atoms with E-state index in [9.17, 15) is 0 Å². The van der Waals surface area contributed by atoms with Crippen LogP contribution in [-0.4, -0.2) is 73.2 Å². The molecule has 0 radical (unpaired) electrons. The zero-order valence-corrected chi connectivity index (χ0v) is 20.6.